The van der Waals surface area contributed by atoms with E-state index in [-0.39, 0.29) is 0 Å². The molecule has 0 saturated heterocycles. The standard InChI is InChI=1S/C14H17N3O2S/c1-9(2)12-16-14(20-17-12)15-8-7-10-3-5-11(6-4-10)13(18)19/h3-6,9H,7-8H2,1-2H3,(H,18,19)(H,15,16,17). The fourth-order valence-corrected chi connectivity index (χ4v) is 2.40. The van der Waals surface area contributed by atoms with Gasteiger partial charge in [0.2, 0.25) is 5.13 Å². The molecule has 2 aromatic rings. The van der Waals surface area contributed by atoms with E-state index in [2.05, 4.69) is 28.5 Å². The lowest BCUT2D eigenvalue weighted by molar-refractivity contribution is 0.0697. The molecule has 1 aromatic carbocycles. The molecule has 0 unspecified atom stereocenters. The van der Waals surface area contributed by atoms with Crippen LogP contribution in [0.5, 0.6) is 0 Å². The maximum Gasteiger partial charge on any atom is 0.335 e. The number of benzene rings is 1. The van der Waals surface area contributed by atoms with Crippen molar-refractivity contribution < 1.29 is 9.90 Å². The van der Waals surface area contributed by atoms with Gasteiger partial charge in [-0.3, -0.25) is 0 Å². The summed E-state index contributed by atoms with van der Waals surface area (Å²) < 4.78 is 4.28. The van der Waals surface area contributed by atoms with Crippen molar-refractivity contribution in [1.29, 1.82) is 0 Å². The van der Waals surface area contributed by atoms with Gasteiger partial charge in [-0.2, -0.15) is 4.37 Å². The first-order valence-electron chi connectivity index (χ1n) is 6.46. The van der Waals surface area contributed by atoms with Crippen LogP contribution < -0.4 is 5.32 Å². The van der Waals surface area contributed by atoms with Crippen LogP contribution in [0.1, 0.15) is 41.5 Å². The zero-order valence-corrected chi connectivity index (χ0v) is 12.3. The van der Waals surface area contributed by atoms with Gasteiger partial charge in [-0.25, -0.2) is 9.78 Å². The van der Waals surface area contributed by atoms with Gasteiger partial charge in [-0.15, -0.1) is 0 Å². The molecule has 0 saturated carbocycles. The lowest BCUT2D eigenvalue weighted by Crippen LogP contribution is -2.05. The number of hydrogen-bond donors (Lipinski definition) is 2. The highest BCUT2D eigenvalue weighted by Gasteiger charge is 2.07. The molecule has 0 atom stereocenters. The minimum absolute atomic E-state index is 0.312. The molecule has 0 aliphatic rings. The Balaban J connectivity index is 1.84. The van der Waals surface area contributed by atoms with Crippen molar-refractivity contribution in [2.24, 2.45) is 0 Å². The largest absolute Gasteiger partial charge is 0.478 e. The number of anilines is 1. The molecule has 0 fully saturated rings. The highest BCUT2D eigenvalue weighted by molar-refractivity contribution is 7.09. The van der Waals surface area contributed by atoms with Crippen LogP contribution in [0.3, 0.4) is 0 Å². The highest BCUT2D eigenvalue weighted by Crippen LogP contribution is 2.17. The molecule has 6 heteroatoms. The summed E-state index contributed by atoms with van der Waals surface area (Å²) in [7, 11) is 0. The van der Waals surface area contributed by atoms with Gasteiger partial charge < -0.3 is 10.4 Å². The molecule has 0 aliphatic carbocycles. The molecule has 1 aromatic heterocycles. The minimum atomic E-state index is -0.898. The molecule has 20 heavy (non-hydrogen) atoms. The average Bonchev–Trinajstić information content (AvgIpc) is 2.88. The molecule has 2 N–H and O–H groups in total. The third-order valence-corrected chi connectivity index (χ3v) is 3.54. The van der Waals surface area contributed by atoms with Crippen LogP contribution in [0.2, 0.25) is 0 Å². The summed E-state index contributed by atoms with van der Waals surface area (Å²) in [5.74, 6) is 0.304. The van der Waals surface area contributed by atoms with Crippen LogP contribution in [0.4, 0.5) is 5.13 Å². The predicted molar refractivity (Wildman–Crippen MR) is 79.6 cm³/mol. The van der Waals surface area contributed by atoms with E-state index >= 15 is 0 Å². The summed E-state index contributed by atoms with van der Waals surface area (Å²) >= 11 is 1.37. The van der Waals surface area contributed by atoms with Crippen LogP contribution in [0, 0.1) is 0 Å². The van der Waals surface area contributed by atoms with E-state index in [1.54, 1.807) is 12.1 Å². The Hall–Kier alpha value is -1.95. The van der Waals surface area contributed by atoms with Crippen LogP contribution in [0.15, 0.2) is 24.3 Å². The molecule has 0 aliphatic heterocycles. The van der Waals surface area contributed by atoms with E-state index in [0.717, 1.165) is 29.5 Å². The highest BCUT2D eigenvalue weighted by atomic mass is 32.1. The van der Waals surface area contributed by atoms with Crippen molar-refractivity contribution in [3.8, 4) is 0 Å². The maximum absolute atomic E-state index is 10.7. The van der Waals surface area contributed by atoms with Crippen LogP contribution >= 0.6 is 11.5 Å². The topological polar surface area (TPSA) is 75.1 Å². The first-order chi connectivity index (χ1) is 9.56. The van der Waals surface area contributed by atoms with Crippen LogP contribution in [0.25, 0.3) is 0 Å². The Morgan fingerprint density at radius 1 is 1.35 bits per heavy atom. The lowest BCUT2D eigenvalue weighted by atomic mass is 10.1. The number of nitrogens with one attached hydrogen (secondary N) is 1. The molecule has 1 heterocycles. The van der Waals surface area contributed by atoms with E-state index in [4.69, 9.17) is 5.11 Å². The first kappa shape index (κ1) is 14.5. The quantitative estimate of drug-likeness (QED) is 0.855. The number of rotatable bonds is 6. The second kappa shape index (κ2) is 6.47. The van der Waals surface area contributed by atoms with Gasteiger partial charge in [-0.1, -0.05) is 26.0 Å². The summed E-state index contributed by atoms with van der Waals surface area (Å²) in [6, 6.07) is 6.93. The van der Waals surface area contributed by atoms with Gasteiger partial charge >= 0.3 is 5.97 Å². The molecule has 2 rings (SSSR count). The van der Waals surface area contributed by atoms with Crippen LogP contribution in [-0.2, 0) is 6.42 Å². The minimum Gasteiger partial charge on any atom is -0.478 e. The summed E-state index contributed by atoms with van der Waals surface area (Å²) in [5.41, 5.74) is 1.41. The molecule has 0 amide bonds. The predicted octanol–water partition coefficient (Wildman–Crippen LogP) is 3.01. The number of carboxylic acids is 1. The number of aromatic carboxylic acids is 1. The third kappa shape index (κ3) is 3.77. The fraction of sp³-hybridized carbons (Fsp3) is 0.357. The molecular weight excluding hydrogens is 274 g/mol. The van der Waals surface area contributed by atoms with Crippen molar-refractivity contribution in [2.75, 3.05) is 11.9 Å². The van der Waals surface area contributed by atoms with E-state index < -0.39 is 5.97 Å². The molecule has 5 nitrogen and oxygen atoms in total. The van der Waals surface area contributed by atoms with Crippen molar-refractivity contribution in [3.05, 3.63) is 41.2 Å². The van der Waals surface area contributed by atoms with Crippen molar-refractivity contribution in [2.45, 2.75) is 26.2 Å². The van der Waals surface area contributed by atoms with E-state index in [9.17, 15) is 4.79 Å². The second-order valence-electron chi connectivity index (χ2n) is 4.79. The van der Waals surface area contributed by atoms with Gasteiger partial charge in [0.1, 0.15) is 5.82 Å². The summed E-state index contributed by atoms with van der Waals surface area (Å²) in [4.78, 5) is 15.1. The van der Waals surface area contributed by atoms with Gasteiger partial charge in [-0.05, 0) is 24.1 Å². The normalized spacial score (nSPS) is 10.8. The van der Waals surface area contributed by atoms with Gasteiger partial charge in [0.25, 0.3) is 0 Å². The Morgan fingerprint density at radius 2 is 2.05 bits per heavy atom. The molecule has 106 valence electrons. The number of carbonyl (C=O) groups is 1. The van der Waals surface area contributed by atoms with E-state index in [0.29, 0.717) is 11.5 Å². The zero-order chi connectivity index (χ0) is 14.5. The van der Waals surface area contributed by atoms with Crippen molar-refractivity contribution >= 4 is 22.6 Å². The van der Waals surface area contributed by atoms with Crippen LogP contribution in [-0.4, -0.2) is 27.0 Å². The SMILES string of the molecule is CC(C)c1nsc(NCCc2ccc(C(=O)O)cc2)n1. The first-order valence-corrected chi connectivity index (χ1v) is 7.23. The Bertz CT molecular complexity index is 578. The summed E-state index contributed by atoms with van der Waals surface area (Å²) in [6.07, 6.45) is 0.816. The Morgan fingerprint density at radius 3 is 2.60 bits per heavy atom. The maximum atomic E-state index is 10.7. The van der Waals surface area contributed by atoms with Gasteiger partial charge in [0, 0.05) is 24.0 Å². The lowest BCUT2D eigenvalue weighted by Gasteiger charge is -2.03. The number of hydrogen-bond acceptors (Lipinski definition) is 5. The monoisotopic (exact) mass is 291 g/mol. The molecule has 0 spiro atoms. The Kier molecular flexibility index (Phi) is 4.68. The van der Waals surface area contributed by atoms with Crippen molar-refractivity contribution in [1.82, 2.24) is 9.36 Å². The average molecular weight is 291 g/mol. The van der Waals surface area contributed by atoms with E-state index in [1.165, 1.54) is 11.5 Å². The van der Waals surface area contributed by atoms with Crippen molar-refractivity contribution in [3.63, 3.8) is 0 Å². The number of nitrogens with zero attached hydrogens (tertiary/aromatic N) is 2. The number of carboxylic acid groups (broad SMARTS) is 1. The fourth-order valence-electron chi connectivity index (χ4n) is 1.67. The smallest absolute Gasteiger partial charge is 0.335 e. The zero-order valence-electron chi connectivity index (χ0n) is 11.5. The molecule has 0 bridgehead atoms. The Labute approximate surface area is 121 Å². The number of aromatic nitrogens is 2. The second-order valence-corrected chi connectivity index (χ2v) is 5.54. The summed E-state index contributed by atoms with van der Waals surface area (Å²) in [6.45, 7) is 4.88. The summed E-state index contributed by atoms with van der Waals surface area (Å²) in [5, 5.41) is 12.9. The van der Waals surface area contributed by atoms with Gasteiger partial charge in [0.15, 0.2) is 0 Å². The third-order valence-electron chi connectivity index (χ3n) is 2.85. The molecular formula is C14H17N3O2S. The van der Waals surface area contributed by atoms with E-state index in [1.807, 2.05) is 12.1 Å². The molecule has 0 radical (unpaired) electrons. The van der Waals surface area contributed by atoms with Gasteiger partial charge in [0.05, 0.1) is 5.56 Å².